The molecule has 5 rings (SSSR count). The van der Waals surface area contributed by atoms with Crippen molar-refractivity contribution in [2.24, 2.45) is 11.8 Å². The zero-order valence-electron chi connectivity index (χ0n) is 17.8. The number of hydrogen-bond acceptors (Lipinski definition) is 7. The van der Waals surface area contributed by atoms with Crippen molar-refractivity contribution in [2.45, 2.75) is 38.0 Å². The summed E-state index contributed by atoms with van der Waals surface area (Å²) in [6.45, 7) is 0.477. The third-order valence-electron chi connectivity index (χ3n) is 6.02. The summed E-state index contributed by atoms with van der Waals surface area (Å²) in [7, 11) is 0. The summed E-state index contributed by atoms with van der Waals surface area (Å²) in [5, 5.41) is 7.29. The number of hydrogen-bond donors (Lipinski definition) is 1. The van der Waals surface area contributed by atoms with Gasteiger partial charge in [-0.2, -0.15) is 18.3 Å². The van der Waals surface area contributed by atoms with Gasteiger partial charge in [0.05, 0.1) is 12.4 Å². The van der Waals surface area contributed by atoms with Crippen LogP contribution >= 0.6 is 0 Å². The smallest absolute Gasteiger partial charge is 0.366 e. The number of aromatic nitrogens is 6. The van der Waals surface area contributed by atoms with Crippen molar-refractivity contribution in [3.05, 3.63) is 42.6 Å². The molecule has 2 unspecified atom stereocenters. The second kappa shape index (κ2) is 8.76. The summed E-state index contributed by atoms with van der Waals surface area (Å²) in [5.41, 5.74) is -0.239. The molecule has 3 aromatic rings. The third-order valence-corrected chi connectivity index (χ3v) is 6.02. The highest BCUT2D eigenvalue weighted by Gasteiger charge is 2.35. The van der Waals surface area contributed by atoms with Crippen LogP contribution in [0.1, 0.15) is 18.5 Å². The normalized spacial score (nSPS) is 22.9. The van der Waals surface area contributed by atoms with E-state index < -0.39 is 24.8 Å². The van der Waals surface area contributed by atoms with Gasteiger partial charge in [0.1, 0.15) is 35.7 Å². The maximum atomic E-state index is 13.1. The summed E-state index contributed by atoms with van der Waals surface area (Å²) < 4.78 is 66.0. The van der Waals surface area contributed by atoms with Crippen molar-refractivity contribution in [3.63, 3.8) is 0 Å². The van der Waals surface area contributed by atoms with Gasteiger partial charge in [-0.3, -0.25) is 0 Å². The lowest BCUT2D eigenvalue weighted by Crippen LogP contribution is -2.38. The third kappa shape index (κ3) is 4.77. The molecule has 8 nitrogen and oxygen atoms in total. The van der Waals surface area contributed by atoms with Crippen molar-refractivity contribution in [1.29, 1.82) is 0 Å². The van der Waals surface area contributed by atoms with E-state index in [4.69, 9.17) is 0 Å². The van der Waals surface area contributed by atoms with E-state index in [0.717, 1.165) is 29.9 Å². The average molecular weight is 480 g/mol. The van der Waals surface area contributed by atoms with Crippen LogP contribution in [0.2, 0.25) is 0 Å². The molecule has 3 aromatic heterocycles. The van der Waals surface area contributed by atoms with E-state index in [1.54, 1.807) is 6.20 Å². The fourth-order valence-electron chi connectivity index (χ4n) is 4.58. The molecule has 2 aliphatic rings. The average Bonchev–Trinajstić information content (AvgIpc) is 2.93. The second-order valence-corrected chi connectivity index (χ2v) is 8.56. The number of rotatable bonds is 5. The van der Waals surface area contributed by atoms with Crippen molar-refractivity contribution < 1.29 is 22.0 Å². The Morgan fingerprint density at radius 2 is 1.76 bits per heavy atom. The first-order valence-corrected chi connectivity index (χ1v) is 10.8. The van der Waals surface area contributed by atoms with Gasteiger partial charge in [0.25, 0.3) is 6.43 Å². The highest BCUT2D eigenvalue weighted by atomic mass is 19.4. The van der Waals surface area contributed by atoms with Crippen molar-refractivity contribution >= 4 is 22.8 Å². The number of nitrogens with one attached hydrogen (secondary N) is 1. The minimum Gasteiger partial charge on any atom is -0.366 e. The first kappa shape index (κ1) is 22.4. The van der Waals surface area contributed by atoms with Crippen LogP contribution in [-0.2, 0) is 12.7 Å². The summed E-state index contributed by atoms with van der Waals surface area (Å²) in [5.74, 6) is 0.887. The molecule has 0 fully saturated rings. The van der Waals surface area contributed by atoms with E-state index in [9.17, 15) is 22.0 Å². The fourth-order valence-corrected chi connectivity index (χ4v) is 4.58. The van der Waals surface area contributed by atoms with Crippen molar-refractivity contribution in [3.8, 4) is 0 Å². The standard InChI is InChI=1S/C21H21F5N8/c22-17(23)10-34-20-15(6-30-34)27-7-18(32-20)31-14-3-12-1-2-13(4-14)9-33(8-12)19-5-16(21(24,25)26)28-11-29-19/h1-2,5-7,11-14,17H,3-4,8-10H2,(H,31,32). The zero-order chi connectivity index (χ0) is 23.9. The second-order valence-electron chi connectivity index (χ2n) is 8.56. The van der Waals surface area contributed by atoms with Gasteiger partial charge in [0.15, 0.2) is 5.65 Å². The predicted molar refractivity (Wildman–Crippen MR) is 113 cm³/mol. The Labute approximate surface area is 190 Å². The van der Waals surface area contributed by atoms with E-state index in [1.807, 2.05) is 4.90 Å². The minimum absolute atomic E-state index is 0.0292. The maximum Gasteiger partial charge on any atom is 0.433 e. The fraction of sp³-hybridized carbons (Fsp3) is 0.476. The topological polar surface area (TPSA) is 84.7 Å². The van der Waals surface area contributed by atoms with Crippen molar-refractivity contribution in [1.82, 2.24) is 29.7 Å². The summed E-state index contributed by atoms with van der Waals surface area (Å²) in [6, 6.07) is 1.02. The van der Waals surface area contributed by atoms with Crippen LogP contribution in [0.25, 0.3) is 11.2 Å². The molecule has 0 spiro atoms. The molecule has 0 saturated heterocycles. The van der Waals surface area contributed by atoms with Gasteiger partial charge < -0.3 is 10.2 Å². The predicted octanol–water partition coefficient (Wildman–Crippen LogP) is 3.78. The highest BCUT2D eigenvalue weighted by Crippen LogP contribution is 2.33. The number of anilines is 2. The van der Waals surface area contributed by atoms with Crippen LogP contribution in [0.3, 0.4) is 0 Å². The molecule has 0 saturated carbocycles. The lowest BCUT2D eigenvalue weighted by molar-refractivity contribution is -0.141. The van der Waals surface area contributed by atoms with E-state index in [1.165, 1.54) is 6.20 Å². The van der Waals surface area contributed by atoms with Gasteiger partial charge in [-0.1, -0.05) is 12.2 Å². The van der Waals surface area contributed by atoms with Gasteiger partial charge >= 0.3 is 6.18 Å². The molecule has 2 bridgehead atoms. The Morgan fingerprint density at radius 3 is 2.44 bits per heavy atom. The van der Waals surface area contributed by atoms with E-state index >= 15 is 0 Å². The van der Waals surface area contributed by atoms with E-state index in [-0.39, 0.29) is 29.3 Å². The first-order chi connectivity index (χ1) is 16.2. The van der Waals surface area contributed by atoms with Crippen LogP contribution in [-0.4, -0.2) is 55.3 Å². The Balaban J connectivity index is 1.30. The Morgan fingerprint density at radius 1 is 1.03 bits per heavy atom. The molecule has 0 amide bonds. The van der Waals surface area contributed by atoms with Gasteiger partial charge in [-0.05, 0) is 24.7 Å². The highest BCUT2D eigenvalue weighted by molar-refractivity contribution is 5.71. The minimum atomic E-state index is -4.53. The van der Waals surface area contributed by atoms with Crippen LogP contribution in [0, 0.1) is 11.8 Å². The molecule has 180 valence electrons. The largest absolute Gasteiger partial charge is 0.433 e. The molecule has 4 heterocycles. The lowest BCUT2D eigenvalue weighted by Gasteiger charge is -2.33. The Kier molecular flexibility index (Phi) is 5.78. The quantitative estimate of drug-likeness (QED) is 0.440. The SMILES string of the molecule is FC(F)Cn1ncc2ncc(NC3CC4C=CC(C3)CN(c3cc(C(F)(F)F)ncn3)C4)nc21. The van der Waals surface area contributed by atoms with Crippen molar-refractivity contribution in [2.75, 3.05) is 23.3 Å². The first-order valence-electron chi connectivity index (χ1n) is 10.8. The van der Waals surface area contributed by atoms with Crippen LogP contribution in [0.4, 0.5) is 33.6 Å². The number of fused-ring (bicyclic) bond motifs is 3. The molecule has 0 radical (unpaired) electrons. The molecule has 1 aliphatic heterocycles. The zero-order valence-corrected chi connectivity index (χ0v) is 17.8. The van der Waals surface area contributed by atoms with Gasteiger partial charge in [0.2, 0.25) is 0 Å². The van der Waals surface area contributed by atoms with Gasteiger partial charge in [-0.15, -0.1) is 0 Å². The van der Waals surface area contributed by atoms with E-state index in [0.29, 0.717) is 24.4 Å². The maximum absolute atomic E-state index is 13.1. The molecule has 1 aliphatic carbocycles. The molecular formula is C21H21F5N8. The molecule has 1 N–H and O–H groups in total. The lowest BCUT2D eigenvalue weighted by atomic mass is 9.94. The van der Waals surface area contributed by atoms with Crippen LogP contribution in [0.15, 0.2) is 36.9 Å². The molecular weight excluding hydrogens is 459 g/mol. The van der Waals surface area contributed by atoms with Crippen LogP contribution < -0.4 is 10.2 Å². The molecule has 34 heavy (non-hydrogen) atoms. The molecule has 2 atom stereocenters. The summed E-state index contributed by atoms with van der Waals surface area (Å²) in [4.78, 5) is 18.0. The number of nitrogens with zero attached hydrogens (tertiary/aromatic N) is 7. The van der Waals surface area contributed by atoms with E-state index in [2.05, 4.69) is 42.5 Å². The number of halogens is 5. The van der Waals surface area contributed by atoms with Gasteiger partial charge in [0, 0.05) is 25.2 Å². The molecule has 13 heteroatoms. The summed E-state index contributed by atoms with van der Waals surface area (Å²) in [6.07, 6.45) is 2.46. The number of alkyl halides is 5. The van der Waals surface area contributed by atoms with Gasteiger partial charge in [-0.25, -0.2) is 33.4 Å². The Hall–Kier alpha value is -3.38. The summed E-state index contributed by atoms with van der Waals surface area (Å²) >= 11 is 0. The van der Waals surface area contributed by atoms with Crippen LogP contribution in [0.5, 0.6) is 0 Å². The monoisotopic (exact) mass is 480 g/mol. The molecule has 0 aromatic carbocycles. The Bertz CT molecular complexity index is 1180.